The molecule has 190 valence electrons. The van der Waals surface area contributed by atoms with E-state index in [1.807, 2.05) is 0 Å². The van der Waals surface area contributed by atoms with E-state index in [0.717, 1.165) is 31.7 Å². The van der Waals surface area contributed by atoms with Gasteiger partial charge in [0.05, 0.1) is 16.0 Å². The SMILES string of the molecule is CC(=O)OC(OC(C)=O)c1c(C(OC(C)=O)OC(C)=O)n(S(=O)(=O)c2ccccc2)c2ccccc12. The zero-order valence-corrected chi connectivity index (χ0v) is 20.6. The highest BCUT2D eigenvalue weighted by Crippen LogP contribution is 2.40. The van der Waals surface area contributed by atoms with Crippen molar-refractivity contribution in [2.45, 2.75) is 45.2 Å². The molecule has 2 aromatic carbocycles. The minimum atomic E-state index is -4.43. The number of ether oxygens (including phenoxy) is 4. The van der Waals surface area contributed by atoms with Gasteiger partial charge in [0.1, 0.15) is 5.69 Å². The van der Waals surface area contributed by atoms with Gasteiger partial charge in [0.15, 0.2) is 0 Å². The molecule has 0 amide bonds. The molecule has 12 heteroatoms. The van der Waals surface area contributed by atoms with Gasteiger partial charge in [0.25, 0.3) is 22.6 Å². The van der Waals surface area contributed by atoms with Crippen molar-refractivity contribution in [3.8, 4) is 0 Å². The van der Waals surface area contributed by atoms with Gasteiger partial charge in [-0.05, 0) is 18.2 Å². The summed E-state index contributed by atoms with van der Waals surface area (Å²) in [4.78, 5) is 47.6. The lowest BCUT2D eigenvalue weighted by atomic mass is 10.1. The zero-order valence-electron chi connectivity index (χ0n) is 19.8. The molecular formula is C24H23NO10S. The maximum absolute atomic E-state index is 13.9. The van der Waals surface area contributed by atoms with Gasteiger partial charge >= 0.3 is 23.9 Å². The molecule has 0 N–H and O–H groups in total. The molecule has 0 saturated heterocycles. The number of carbonyl (C=O) groups is 4. The fourth-order valence-electron chi connectivity index (χ4n) is 3.56. The highest BCUT2D eigenvalue weighted by atomic mass is 32.2. The number of carbonyl (C=O) groups excluding carboxylic acids is 4. The maximum atomic E-state index is 13.9. The average molecular weight is 518 g/mol. The minimum absolute atomic E-state index is 0.0555. The van der Waals surface area contributed by atoms with Crippen LogP contribution >= 0.6 is 0 Å². The van der Waals surface area contributed by atoms with Gasteiger partial charge in [-0.25, -0.2) is 12.4 Å². The molecule has 0 saturated carbocycles. The molecular weight excluding hydrogens is 494 g/mol. The molecule has 11 nitrogen and oxygen atoms in total. The Labute approximate surface area is 206 Å². The van der Waals surface area contributed by atoms with Gasteiger partial charge in [-0.3, -0.25) is 19.2 Å². The highest BCUT2D eigenvalue weighted by Gasteiger charge is 2.39. The molecule has 0 unspecified atom stereocenters. The Bertz CT molecular complexity index is 1390. The van der Waals surface area contributed by atoms with E-state index in [9.17, 15) is 27.6 Å². The summed E-state index contributed by atoms with van der Waals surface area (Å²) in [5.41, 5.74) is -0.513. The van der Waals surface area contributed by atoms with Crippen molar-refractivity contribution in [3.63, 3.8) is 0 Å². The molecule has 0 bridgehead atoms. The monoisotopic (exact) mass is 517 g/mol. The van der Waals surface area contributed by atoms with Gasteiger partial charge in [0, 0.05) is 33.1 Å². The summed E-state index contributed by atoms with van der Waals surface area (Å²) < 4.78 is 49.4. The molecule has 0 aliphatic carbocycles. The number of nitrogens with zero attached hydrogens (tertiary/aromatic N) is 1. The molecule has 0 aliphatic rings. The molecule has 0 spiro atoms. The number of hydrogen-bond acceptors (Lipinski definition) is 10. The van der Waals surface area contributed by atoms with E-state index in [-0.39, 0.29) is 21.4 Å². The van der Waals surface area contributed by atoms with Crippen molar-refractivity contribution in [1.29, 1.82) is 0 Å². The van der Waals surface area contributed by atoms with Crippen LogP contribution < -0.4 is 0 Å². The van der Waals surface area contributed by atoms with Crippen LogP contribution in [0.2, 0.25) is 0 Å². The molecule has 3 aromatic rings. The first-order valence-electron chi connectivity index (χ1n) is 10.6. The van der Waals surface area contributed by atoms with E-state index < -0.39 is 52.2 Å². The van der Waals surface area contributed by atoms with Crippen molar-refractivity contribution in [3.05, 3.63) is 65.9 Å². The molecule has 0 fully saturated rings. The van der Waals surface area contributed by atoms with Crippen LogP contribution in [0, 0.1) is 0 Å². The van der Waals surface area contributed by atoms with Crippen LogP contribution in [0.3, 0.4) is 0 Å². The van der Waals surface area contributed by atoms with Gasteiger partial charge in [-0.2, -0.15) is 0 Å². The van der Waals surface area contributed by atoms with Crippen LogP contribution in [0.1, 0.15) is 51.5 Å². The van der Waals surface area contributed by atoms with Crippen LogP contribution in [0.5, 0.6) is 0 Å². The summed E-state index contributed by atoms with van der Waals surface area (Å²) in [6.45, 7) is 4.19. The normalized spacial score (nSPS) is 11.4. The van der Waals surface area contributed by atoms with Crippen molar-refractivity contribution in [2.24, 2.45) is 0 Å². The first-order valence-corrected chi connectivity index (χ1v) is 12.0. The van der Waals surface area contributed by atoms with E-state index in [4.69, 9.17) is 18.9 Å². The standard InChI is InChI=1S/C24H23NO10S/c1-14(26)32-23(33-15(2)27)21-19-12-8-9-13-20(19)25(36(30,31)18-10-6-5-7-11-18)22(21)24(34-16(3)28)35-17(4)29/h5-13,23-24H,1-4H3. The van der Waals surface area contributed by atoms with Crippen molar-refractivity contribution in [1.82, 2.24) is 3.97 Å². The number of esters is 4. The quantitative estimate of drug-likeness (QED) is 0.323. The second-order valence-corrected chi connectivity index (χ2v) is 9.29. The number of aromatic nitrogens is 1. The first-order chi connectivity index (χ1) is 16.9. The number of hydrogen-bond donors (Lipinski definition) is 0. The Morgan fingerprint density at radius 1 is 0.667 bits per heavy atom. The van der Waals surface area contributed by atoms with Gasteiger partial charge in [0.2, 0.25) is 0 Å². The largest absolute Gasteiger partial charge is 0.421 e. The van der Waals surface area contributed by atoms with Crippen molar-refractivity contribution in [2.75, 3.05) is 0 Å². The Morgan fingerprint density at radius 3 is 1.61 bits per heavy atom. The lowest BCUT2D eigenvalue weighted by Crippen LogP contribution is -2.25. The van der Waals surface area contributed by atoms with Gasteiger partial charge in [-0.15, -0.1) is 0 Å². The molecule has 0 aliphatic heterocycles. The second kappa shape index (κ2) is 10.6. The third-order valence-corrected chi connectivity index (χ3v) is 6.48. The number of benzene rings is 2. The molecule has 1 heterocycles. The minimum Gasteiger partial charge on any atom is -0.421 e. The lowest BCUT2D eigenvalue weighted by Gasteiger charge is -2.23. The topological polar surface area (TPSA) is 144 Å². The number of fused-ring (bicyclic) bond motifs is 1. The third-order valence-electron chi connectivity index (χ3n) is 4.74. The van der Waals surface area contributed by atoms with Crippen LogP contribution in [0.4, 0.5) is 0 Å². The van der Waals surface area contributed by atoms with Gasteiger partial charge in [-0.1, -0.05) is 36.4 Å². The third kappa shape index (κ3) is 5.54. The molecule has 0 radical (unpaired) electrons. The van der Waals surface area contributed by atoms with Crippen molar-refractivity contribution >= 4 is 44.8 Å². The van der Waals surface area contributed by atoms with E-state index in [1.165, 1.54) is 36.4 Å². The fraction of sp³-hybridized carbons (Fsp3) is 0.250. The molecule has 1 aromatic heterocycles. The molecule has 0 atom stereocenters. The van der Waals surface area contributed by atoms with Crippen LogP contribution in [-0.2, 0) is 48.1 Å². The second-order valence-electron chi connectivity index (χ2n) is 7.50. The van der Waals surface area contributed by atoms with E-state index >= 15 is 0 Å². The average Bonchev–Trinajstić information content (AvgIpc) is 3.13. The smallest absolute Gasteiger partial charge is 0.306 e. The lowest BCUT2D eigenvalue weighted by molar-refractivity contribution is -0.194. The van der Waals surface area contributed by atoms with Crippen LogP contribution in [-0.4, -0.2) is 36.3 Å². The Balaban J connectivity index is 2.52. The van der Waals surface area contributed by atoms with Crippen LogP contribution in [0.15, 0.2) is 59.5 Å². The van der Waals surface area contributed by atoms with Crippen molar-refractivity contribution < 1.29 is 46.5 Å². The van der Waals surface area contributed by atoms with Gasteiger partial charge < -0.3 is 18.9 Å². The maximum Gasteiger partial charge on any atom is 0.306 e. The summed E-state index contributed by atoms with van der Waals surface area (Å²) in [7, 11) is -4.43. The Morgan fingerprint density at radius 2 is 1.11 bits per heavy atom. The van der Waals surface area contributed by atoms with E-state index in [2.05, 4.69) is 0 Å². The molecule has 36 heavy (non-hydrogen) atoms. The molecule has 3 rings (SSSR count). The summed E-state index contributed by atoms with van der Waals surface area (Å²) in [6.07, 6.45) is -3.67. The van der Waals surface area contributed by atoms with E-state index in [1.54, 1.807) is 18.2 Å². The zero-order chi connectivity index (χ0) is 26.6. The fourth-order valence-corrected chi connectivity index (χ4v) is 5.14. The summed E-state index contributed by atoms with van der Waals surface area (Å²) in [5, 5.41) is 0.170. The summed E-state index contributed by atoms with van der Waals surface area (Å²) in [5.74, 6) is -3.52. The Hall–Kier alpha value is -4.19. The predicted octanol–water partition coefficient (Wildman–Crippen LogP) is 3.13. The Kier molecular flexibility index (Phi) is 7.78. The highest BCUT2D eigenvalue weighted by molar-refractivity contribution is 7.90. The summed E-state index contributed by atoms with van der Waals surface area (Å²) in [6, 6.07) is 13.4. The first kappa shape index (κ1) is 26.4. The predicted molar refractivity (Wildman–Crippen MR) is 124 cm³/mol. The van der Waals surface area contributed by atoms with Crippen LogP contribution in [0.25, 0.3) is 10.9 Å². The number of rotatable bonds is 8. The van der Waals surface area contributed by atoms with E-state index in [0.29, 0.717) is 0 Å². The summed E-state index contributed by atoms with van der Waals surface area (Å²) >= 11 is 0. The number of para-hydroxylation sites is 1.